The molecular formula is C45H27N5O. The Hall–Kier alpha value is -7.05. The fourth-order valence-electron chi connectivity index (χ4n) is 6.86. The van der Waals surface area contributed by atoms with Gasteiger partial charge in [-0.25, -0.2) is 4.98 Å². The highest BCUT2D eigenvalue weighted by atomic mass is 16.3. The summed E-state index contributed by atoms with van der Waals surface area (Å²) in [7, 11) is 0. The Morgan fingerprint density at radius 2 is 0.980 bits per heavy atom. The largest absolute Gasteiger partial charge is 0.456 e. The highest BCUT2D eigenvalue weighted by Crippen LogP contribution is 2.36. The molecule has 0 unspecified atom stereocenters. The molecule has 6 heteroatoms. The van der Waals surface area contributed by atoms with Gasteiger partial charge in [0, 0.05) is 49.1 Å². The van der Waals surface area contributed by atoms with Gasteiger partial charge in [0.2, 0.25) is 5.95 Å². The molecule has 0 aliphatic rings. The highest BCUT2D eigenvalue weighted by Gasteiger charge is 2.19. The molecule has 6 nitrogen and oxygen atoms in total. The van der Waals surface area contributed by atoms with Gasteiger partial charge in [0.25, 0.3) is 0 Å². The number of hydrogen-bond donors (Lipinski definition) is 0. The van der Waals surface area contributed by atoms with Gasteiger partial charge in [0.1, 0.15) is 11.2 Å². The summed E-state index contributed by atoms with van der Waals surface area (Å²) < 4.78 is 115. The summed E-state index contributed by atoms with van der Waals surface area (Å²) in [6, 6.07) is 22.1. The molecule has 0 fully saturated rings. The zero-order valence-corrected chi connectivity index (χ0v) is 26.3. The standard InChI is InChI=1S/C45H27N5O/c1-6-19-37-31(14-1)32-15-2-7-20-38(32)49(37)30-13-11-12-28(26-30)43-46-44(29-24-25-36-35-18-5-10-23-41(35)51-42(36)27-29)48-45(47-43)50-39-21-8-3-16-33(39)34-17-4-9-22-40(34)50/h1-27H/i1D,2D,3D,4D,14D,15D,16D,17D,19D,20D,21D,22D. The maximum atomic E-state index is 9.07. The van der Waals surface area contributed by atoms with Crippen molar-refractivity contribution in [1.29, 1.82) is 0 Å². The van der Waals surface area contributed by atoms with E-state index in [0.717, 1.165) is 10.8 Å². The van der Waals surface area contributed by atoms with E-state index in [1.54, 1.807) is 34.9 Å². The number of aromatic nitrogens is 5. The van der Waals surface area contributed by atoms with Crippen LogP contribution in [-0.2, 0) is 0 Å². The quantitative estimate of drug-likeness (QED) is 0.188. The van der Waals surface area contributed by atoms with E-state index in [0.29, 0.717) is 28.0 Å². The average Bonchev–Trinajstić information content (AvgIpc) is 3.95. The van der Waals surface area contributed by atoms with Crippen molar-refractivity contribution in [2.45, 2.75) is 0 Å². The number of rotatable bonds is 4. The van der Waals surface area contributed by atoms with Crippen molar-refractivity contribution in [2.75, 3.05) is 0 Å². The van der Waals surface area contributed by atoms with Crippen LogP contribution >= 0.6 is 0 Å². The minimum atomic E-state index is -0.295. The van der Waals surface area contributed by atoms with Gasteiger partial charge in [-0.2, -0.15) is 9.97 Å². The van der Waals surface area contributed by atoms with Gasteiger partial charge in [-0.3, -0.25) is 4.57 Å². The van der Waals surface area contributed by atoms with Crippen LogP contribution in [0.5, 0.6) is 0 Å². The van der Waals surface area contributed by atoms with E-state index in [1.165, 1.54) is 28.8 Å². The smallest absolute Gasteiger partial charge is 0.238 e. The number of benzene rings is 7. The lowest BCUT2D eigenvalue weighted by Crippen LogP contribution is -2.06. The minimum Gasteiger partial charge on any atom is -0.456 e. The number of furan rings is 1. The summed E-state index contributed by atoms with van der Waals surface area (Å²) >= 11 is 0. The van der Waals surface area contributed by atoms with Gasteiger partial charge in [-0.1, -0.05) is 109 Å². The van der Waals surface area contributed by atoms with Gasteiger partial charge < -0.3 is 8.98 Å². The first-order valence-corrected chi connectivity index (χ1v) is 16.0. The third-order valence-corrected chi connectivity index (χ3v) is 9.08. The van der Waals surface area contributed by atoms with Crippen molar-refractivity contribution in [3.63, 3.8) is 0 Å². The van der Waals surface area contributed by atoms with Crippen LogP contribution < -0.4 is 0 Å². The van der Waals surface area contributed by atoms with E-state index in [2.05, 4.69) is 0 Å². The zero-order chi connectivity index (χ0) is 43.9. The topological polar surface area (TPSA) is 61.7 Å². The van der Waals surface area contributed by atoms with Crippen LogP contribution in [0.2, 0.25) is 0 Å². The molecule has 11 rings (SSSR count). The van der Waals surface area contributed by atoms with E-state index in [4.69, 9.17) is 35.8 Å². The van der Waals surface area contributed by atoms with Crippen LogP contribution in [-0.4, -0.2) is 24.1 Å². The number of hydrogen-bond acceptors (Lipinski definition) is 4. The van der Waals surface area contributed by atoms with Crippen molar-refractivity contribution < 1.29 is 20.9 Å². The average molecular weight is 666 g/mol. The van der Waals surface area contributed by atoms with E-state index in [1.807, 2.05) is 36.4 Å². The lowest BCUT2D eigenvalue weighted by atomic mass is 10.1. The van der Waals surface area contributed by atoms with E-state index >= 15 is 0 Å². The molecule has 4 aromatic heterocycles. The summed E-state index contributed by atoms with van der Waals surface area (Å²) in [5.74, 6) is 0.136. The van der Waals surface area contributed by atoms with Crippen LogP contribution in [0, 0.1) is 0 Å². The molecule has 7 aromatic carbocycles. The summed E-state index contributed by atoms with van der Waals surface area (Å²) in [6.07, 6.45) is 0. The number of para-hydroxylation sites is 5. The second kappa shape index (κ2) is 10.7. The molecule has 0 amide bonds. The van der Waals surface area contributed by atoms with Gasteiger partial charge in [0.05, 0.1) is 38.5 Å². The Bertz CT molecular complexity index is 3720. The molecule has 4 heterocycles. The summed E-state index contributed by atoms with van der Waals surface area (Å²) in [5.41, 5.74) is 2.97. The monoisotopic (exact) mass is 665 g/mol. The van der Waals surface area contributed by atoms with Gasteiger partial charge >= 0.3 is 0 Å². The predicted molar refractivity (Wildman–Crippen MR) is 207 cm³/mol. The van der Waals surface area contributed by atoms with Crippen molar-refractivity contribution in [3.8, 4) is 34.4 Å². The second-order valence-corrected chi connectivity index (χ2v) is 11.9. The van der Waals surface area contributed by atoms with Crippen LogP contribution in [0.4, 0.5) is 0 Å². The molecule has 51 heavy (non-hydrogen) atoms. The summed E-state index contributed by atoms with van der Waals surface area (Å²) in [5, 5.41) is 2.03. The Labute approximate surface area is 308 Å². The van der Waals surface area contributed by atoms with Crippen LogP contribution in [0.15, 0.2) is 168 Å². The summed E-state index contributed by atoms with van der Waals surface area (Å²) in [6.45, 7) is 0. The molecule has 0 saturated heterocycles. The number of fused-ring (bicyclic) bond motifs is 9. The number of nitrogens with zero attached hydrogens (tertiary/aromatic N) is 5. The van der Waals surface area contributed by atoms with E-state index < -0.39 is 0 Å². The Balaban J connectivity index is 1.23. The Morgan fingerprint density at radius 1 is 0.431 bits per heavy atom. The molecule has 11 aromatic rings. The van der Waals surface area contributed by atoms with E-state index in [9.17, 15) is 0 Å². The molecule has 0 atom stereocenters. The molecule has 238 valence electrons. The zero-order valence-electron chi connectivity index (χ0n) is 38.3. The molecule has 0 spiro atoms. The van der Waals surface area contributed by atoms with Crippen LogP contribution in [0.1, 0.15) is 16.4 Å². The van der Waals surface area contributed by atoms with Gasteiger partial charge in [0.15, 0.2) is 11.6 Å². The molecular weight excluding hydrogens is 627 g/mol. The lowest BCUT2D eigenvalue weighted by Gasteiger charge is -2.12. The fraction of sp³-hybridized carbons (Fsp3) is 0. The van der Waals surface area contributed by atoms with Crippen molar-refractivity contribution >= 4 is 65.6 Å². The van der Waals surface area contributed by atoms with Crippen LogP contribution in [0.25, 0.3) is 100.0 Å². The molecule has 0 radical (unpaired) electrons. The fourth-order valence-corrected chi connectivity index (χ4v) is 6.86. The second-order valence-electron chi connectivity index (χ2n) is 11.9. The minimum absolute atomic E-state index is 0.0299. The molecule has 0 aliphatic heterocycles. The van der Waals surface area contributed by atoms with Gasteiger partial charge in [-0.15, -0.1) is 0 Å². The molecule has 0 aliphatic carbocycles. The predicted octanol–water partition coefficient (Wildman–Crippen LogP) is 11.3. The molecule has 0 saturated carbocycles. The van der Waals surface area contributed by atoms with Crippen LogP contribution in [0.3, 0.4) is 0 Å². The van der Waals surface area contributed by atoms with Gasteiger partial charge in [-0.05, 0) is 54.5 Å². The highest BCUT2D eigenvalue weighted by molar-refractivity contribution is 6.10. The normalized spacial score (nSPS) is 15.2. The Morgan fingerprint density at radius 3 is 1.61 bits per heavy atom. The molecule has 0 bridgehead atoms. The first-order chi connectivity index (χ1) is 30.2. The maximum absolute atomic E-state index is 9.07. The third kappa shape index (κ3) is 4.20. The summed E-state index contributed by atoms with van der Waals surface area (Å²) in [4.78, 5) is 14.8. The van der Waals surface area contributed by atoms with E-state index in [-0.39, 0.29) is 134 Å². The molecule has 0 N–H and O–H groups in total. The van der Waals surface area contributed by atoms with Crippen molar-refractivity contribution in [2.24, 2.45) is 0 Å². The lowest BCUT2D eigenvalue weighted by molar-refractivity contribution is 0.669. The maximum Gasteiger partial charge on any atom is 0.238 e. The first-order valence-electron chi connectivity index (χ1n) is 22.0. The SMILES string of the molecule is [2H]c1cc([2H])c2c(c1[2H])c1c([2H])c([2H])cc([2H])c1n2-c1cccc(-c2nc(-c3ccc4c(c3)oc3ccccc34)nc(-n3c4c([2H])cc([2H])c([2H])c4c4c([2H])c([2H])cc([2H])c43)n2)c1. The van der Waals surface area contributed by atoms with Crippen molar-refractivity contribution in [1.82, 2.24) is 24.1 Å². The third-order valence-electron chi connectivity index (χ3n) is 9.08. The van der Waals surface area contributed by atoms with Crippen molar-refractivity contribution in [3.05, 3.63) is 164 Å². The Kier molecular flexibility index (Phi) is 3.92. The first kappa shape index (κ1) is 18.6.